The van der Waals surface area contributed by atoms with Gasteiger partial charge in [0.2, 0.25) is 0 Å². The Kier molecular flexibility index (Phi) is 3.11. The van der Waals surface area contributed by atoms with Crippen LogP contribution in [0.2, 0.25) is 5.15 Å². The van der Waals surface area contributed by atoms with Crippen molar-refractivity contribution in [1.29, 1.82) is 0 Å². The molecule has 2 nitrogen and oxygen atoms in total. The minimum atomic E-state index is -2.87. The van der Waals surface area contributed by atoms with Gasteiger partial charge in [0.15, 0.2) is 11.0 Å². The molecule has 1 aromatic heterocycles. The van der Waals surface area contributed by atoms with Crippen molar-refractivity contribution in [3.8, 4) is 0 Å². The number of aromatic nitrogens is 1. The van der Waals surface area contributed by atoms with Crippen molar-refractivity contribution in [3.05, 3.63) is 28.3 Å². The van der Waals surface area contributed by atoms with E-state index in [1.54, 1.807) is 0 Å². The van der Waals surface area contributed by atoms with E-state index in [4.69, 9.17) is 16.7 Å². The van der Waals surface area contributed by atoms with Gasteiger partial charge < -0.3 is 5.11 Å². The first kappa shape index (κ1) is 10.3. The van der Waals surface area contributed by atoms with Gasteiger partial charge in [-0.1, -0.05) is 11.6 Å². The van der Waals surface area contributed by atoms with Crippen LogP contribution in [-0.2, 0) is 6.61 Å². The van der Waals surface area contributed by atoms with Crippen LogP contribution in [0.25, 0.3) is 0 Å². The summed E-state index contributed by atoms with van der Waals surface area (Å²) in [5.41, 5.74) is -0.939. The van der Waals surface area contributed by atoms with Crippen molar-refractivity contribution in [2.45, 2.75) is 13.0 Å². The topological polar surface area (TPSA) is 33.1 Å². The molecule has 0 amide bonds. The van der Waals surface area contributed by atoms with Gasteiger partial charge in [0, 0.05) is 5.56 Å². The Morgan fingerprint density at radius 3 is 2.62 bits per heavy atom. The van der Waals surface area contributed by atoms with E-state index in [0.29, 0.717) is 6.07 Å². The predicted octanol–water partition coefficient (Wildman–Crippen LogP) is 2.30. The zero-order valence-corrected chi connectivity index (χ0v) is 7.02. The first-order valence-electron chi connectivity index (χ1n) is 3.30. The quantitative estimate of drug-likeness (QED) is 0.762. The van der Waals surface area contributed by atoms with E-state index in [-0.39, 0.29) is 5.69 Å². The molecule has 6 heteroatoms. The van der Waals surface area contributed by atoms with Crippen LogP contribution in [0.5, 0.6) is 0 Å². The third kappa shape index (κ3) is 2.10. The summed E-state index contributed by atoms with van der Waals surface area (Å²) in [7, 11) is 0. The summed E-state index contributed by atoms with van der Waals surface area (Å²) in [6, 6.07) is 0.575. The molecule has 72 valence electrons. The van der Waals surface area contributed by atoms with Gasteiger partial charge in [-0.2, -0.15) is 0 Å². The van der Waals surface area contributed by atoms with Crippen LogP contribution in [0.1, 0.15) is 17.7 Å². The van der Waals surface area contributed by atoms with Gasteiger partial charge in [0.25, 0.3) is 6.43 Å². The lowest BCUT2D eigenvalue weighted by molar-refractivity contribution is 0.145. The summed E-state index contributed by atoms with van der Waals surface area (Å²) in [4.78, 5) is 3.27. The van der Waals surface area contributed by atoms with E-state index in [1.165, 1.54) is 0 Å². The SMILES string of the molecule is OCc1nc(Cl)c(F)cc1C(F)F. The maximum atomic E-state index is 12.6. The van der Waals surface area contributed by atoms with E-state index < -0.39 is 29.6 Å². The van der Waals surface area contributed by atoms with Crippen molar-refractivity contribution >= 4 is 11.6 Å². The summed E-state index contributed by atoms with van der Waals surface area (Å²) in [5, 5.41) is 8.09. The van der Waals surface area contributed by atoms with E-state index in [1.807, 2.05) is 0 Å². The molecule has 0 saturated carbocycles. The number of halogens is 4. The summed E-state index contributed by atoms with van der Waals surface area (Å²) in [6.45, 7) is -0.695. The molecule has 13 heavy (non-hydrogen) atoms. The lowest BCUT2D eigenvalue weighted by Crippen LogP contribution is -2.00. The van der Waals surface area contributed by atoms with Gasteiger partial charge in [-0.25, -0.2) is 18.2 Å². The van der Waals surface area contributed by atoms with Gasteiger partial charge in [0.1, 0.15) is 0 Å². The first-order valence-corrected chi connectivity index (χ1v) is 3.68. The van der Waals surface area contributed by atoms with E-state index in [0.717, 1.165) is 0 Å². The second kappa shape index (κ2) is 3.93. The molecule has 1 heterocycles. The Labute approximate surface area is 77.0 Å². The minimum absolute atomic E-state index is 0.304. The average molecular weight is 212 g/mol. The van der Waals surface area contributed by atoms with Crippen molar-refractivity contribution in [1.82, 2.24) is 4.98 Å². The second-order valence-electron chi connectivity index (χ2n) is 2.26. The van der Waals surface area contributed by atoms with Crippen molar-refractivity contribution in [3.63, 3.8) is 0 Å². The molecular formula is C7H5ClF3NO. The molecule has 0 aliphatic rings. The standard InChI is InChI=1S/C7H5ClF3NO/c8-6-4(9)1-3(7(10)11)5(2-13)12-6/h1,7,13H,2H2. The van der Waals surface area contributed by atoms with E-state index in [9.17, 15) is 13.2 Å². The van der Waals surface area contributed by atoms with Gasteiger partial charge in [-0.15, -0.1) is 0 Å². The molecule has 0 aliphatic carbocycles. The smallest absolute Gasteiger partial charge is 0.265 e. The number of alkyl halides is 2. The molecule has 0 bridgehead atoms. The Balaban J connectivity index is 3.25. The zero-order valence-electron chi connectivity index (χ0n) is 6.27. The van der Waals surface area contributed by atoms with Gasteiger partial charge >= 0.3 is 0 Å². The molecule has 0 saturated heterocycles. The van der Waals surface area contributed by atoms with Gasteiger partial charge in [0.05, 0.1) is 12.3 Å². The highest BCUT2D eigenvalue weighted by Gasteiger charge is 2.17. The van der Waals surface area contributed by atoms with Crippen molar-refractivity contribution in [2.24, 2.45) is 0 Å². The minimum Gasteiger partial charge on any atom is -0.390 e. The fraction of sp³-hybridized carbons (Fsp3) is 0.286. The average Bonchev–Trinajstić information content (AvgIpc) is 2.08. The Bertz CT molecular complexity index is 319. The molecule has 1 N–H and O–H groups in total. The monoisotopic (exact) mass is 211 g/mol. The van der Waals surface area contributed by atoms with Crippen LogP contribution in [-0.4, -0.2) is 10.1 Å². The molecule has 0 unspecified atom stereocenters. The third-order valence-corrected chi connectivity index (χ3v) is 1.70. The molecule has 0 aromatic carbocycles. The highest BCUT2D eigenvalue weighted by Crippen LogP contribution is 2.25. The summed E-state index contributed by atoms with van der Waals surface area (Å²) >= 11 is 5.23. The molecule has 1 aromatic rings. The van der Waals surface area contributed by atoms with Crippen molar-refractivity contribution < 1.29 is 18.3 Å². The Morgan fingerprint density at radius 1 is 1.54 bits per heavy atom. The summed E-state index contributed by atoms with van der Waals surface area (Å²) < 4.78 is 37.0. The van der Waals surface area contributed by atoms with Gasteiger partial charge in [-0.05, 0) is 6.07 Å². The second-order valence-corrected chi connectivity index (χ2v) is 2.61. The highest BCUT2D eigenvalue weighted by molar-refractivity contribution is 6.29. The lowest BCUT2D eigenvalue weighted by Gasteiger charge is -2.05. The van der Waals surface area contributed by atoms with Crippen LogP contribution < -0.4 is 0 Å². The van der Waals surface area contributed by atoms with E-state index >= 15 is 0 Å². The molecule has 0 atom stereocenters. The van der Waals surface area contributed by atoms with Crippen molar-refractivity contribution in [2.75, 3.05) is 0 Å². The van der Waals surface area contributed by atoms with Crippen LogP contribution in [0.15, 0.2) is 6.07 Å². The predicted molar refractivity (Wildman–Crippen MR) is 40.1 cm³/mol. The molecular weight excluding hydrogens is 207 g/mol. The number of hydrogen-bond donors (Lipinski definition) is 1. The lowest BCUT2D eigenvalue weighted by atomic mass is 10.2. The fourth-order valence-corrected chi connectivity index (χ4v) is 0.988. The molecule has 1 rings (SSSR count). The van der Waals surface area contributed by atoms with Crippen LogP contribution in [0.4, 0.5) is 13.2 Å². The highest BCUT2D eigenvalue weighted by atomic mass is 35.5. The van der Waals surface area contributed by atoms with E-state index in [2.05, 4.69) is 4.98 Å². The molecule has 0 spiro atoms. The number of nitrogens with zero attached hydrogens (tertiary/aromatic N) is 1. The first-order chi connectivity index (χ1) is 6.06. The van der Waals surface area contributed by atoms with Gasteiger partial charge in [-0.3, -0.25) is 0 Å². The largest absolute Gasteiger partial charge is 0.390 e. The zero-order chi connectivity index (χ0) is 10.0. The molecule has 0 fully saturated rings. The Hall–Kier alpha value is -0.810. The van der Waals surface area contributed by atoms with Crippen LogP contribution in [0.3, 0.4) is 0 Å². The molecule has 0 aliphatic heterocycles. The van der Waals surface area contributed by atoms with Crippen LogP contribution in [0, 0.1) is 5.82 Å². The number of rotatable bonds is 2. The maximum absolute atomic E-state index is 12.6. The third-order valence-electron chi connectivity index (χ3n) is 1.43. The maximum Gasteiger partial charge on any atom is 0.265 e. The fourth-order valence-electron chi connectivity index (χ4n) is 0.831. The number of pyridine rings is 1. The Morgan fingerprint density at radius 2 is 2.15 bits per heavy atom. The number of hydrogen-bond acceptors (Lipinski definition) is 2. The number of aliphatic hydroxyl groups is 1. The van der Waals surface area contributed by atoms with Crippen LogP contribution >= 0.6 is 11.6 Å². The normalized spacial score (nSPS) is 10.9. The summed E-state index contributed by atoms with van der Waals surface area (Å²) in [6.07, 6.45) is -2.87. The summed E-state index contributed by atoms with van der Waals surface area (Å²) in [5.74, 6) is -1.02. The number of aliphatic hydroxyl groups excluding tert-OH is 1. The molecule has 0 radical (unpaired) electrons.